The maximum Gasteiger partial charge on any atom is 0.241 e. The molecule has 82 valence electrons. The summed E-state index contributed by atoms with van der Waals surface area (Å²) in [4.78, 5) is 7.64. The van der Waals surface area contributed by atoms with Crippen molar-refractivity contribution < 1.29 is 9.47 Å². The van der Waals surface area contributed by atoms with Gasteiger partial charge in [-0.2, -0.15) is 4.98 Å². The van der Waals surface area contributed by atoms with E-state index in [1.54, 1.807) is 0 Å². The molecule has 0 radical (unpaired) electrons. The number of nitrogens with two attached hydrogens (primary N) is 1. The summed E-state index contributed by atoms with van der Waals surface area (Å²) < 4.78 is 10.7. The van der Waals surface area contributed by atoms with Gasteiger partial charge < -0.3 is 15.2 Å². The van der Waals surface area contributed by atoms with Crippen LogP contribution in [0, 0.1) is 5.92 Å². The van der Waals surface area contributed by atoms with Crippen LogP contribution >= 0.6 is 11.6 Å². The minimum atomic E-state index is 0.141. The van der Waals surface area contributed by atoms with E-state index in [0.717, 1.165) is 19.6 Å². The monoisotopic (exact) mass is 229 g/mol. The second-order valence-corrected chi connectivity index (χ2v) is 3.78. The van der Waals surface area contributed by atoms with Crippen molar-refractivity contribution in [2.45, 2.75) is 6.42 Å². The number of anilines is 1. The highest BCUT2D eigenvalue weighted by Crippen LogP contribution is 2.20. The highest BCUT2D eigenvalue weighted by molar-refractivity contribution is 6.28. The third-order valence-corrected chi connectivity index (χ3v) is 2.41. The quantitative estimate of drug-likeness (QED) is 0.787. The maximum absolute atomic E-state index is 5.63. The molecule has 2 heterocycles. The molecule has 0 saturated carbocycles. The van der Waals surface area contributed by atoms with Gasteiger partial charge in [0.1, 0.15) is 5.69 Å². The van der Waals surface area contributed by atoms with Gasteiger partial charge in [0.2, 0.25) is 11.2 Å². The first-order valence-electron chi connectivity index (χ1n) is 4.74. The summed E-state index contributed by atoms with van der Waals surface area (Å²) >= 11 is 5.63. The summed E-state index contributed by atoms with van der Waals surface area (Å²) in [6.45, 7) is 2.09. The molecule has 1 fully saturated rings. The van der Waals surface area contributed by atoms with Gasteiger partial charge in [0.25, 0.3) is 0 Å². The molecule has 1 aromatic heterocycles. The summed E-state index contributed by atoms with van der Waals surface area (Å²) in [6.07, 6.45) is 2.45. The molecule has 0 bridgehead atoms. The van der Waals surface area contributed by atoms with Crippen LogP contribution in [0.5, 0.6) is 5.88 Å². The molecule has 0 aromatic carbocycles. The highest BCUT2D eigenvalue weighted by atomic mass is 35.5. The lowest BCUT2D eigenvalue weighted by atomic mass is 10.1. The molecule has 1 aliphatic rings. The van der Waals surface area contributed by atoms with Crippen LogP contribution in [0.1, 0.15) is 6.42 Å². The number of nitrogen functional groups attached to an aromatic ring is 1. The second kappa shape index (κ2) is 4.63. The van der Waals surface area contributed by atoms with Crippen molar-refractivity contribution in [3.63, 3.8) is 0 Å². The van der Waals surface area contributed by atoms with Crippen molar-refractivity contribution in [2.24, 2.45) is 5.92 Å². The fourth-order valence-electron chi connectivity index (χ4n) is 1.38. The van der Waals surface area contributed by atoms with Crippen LogP contribution in [0.25, 0.3) is 0 Å². The molecule has 1 unspecified atom stereocenters. The molecule has 0 spiro atoms. The summed E-state index contributed by atoms with van der Waals surface area (Å²) in [6, 6.07) is 0. The Balaban J connectivity index is 1.94. The first kappa shape index (κ1) is 10.4. The van der Waals surface area contributed by atoms with Crippen molar-refractivity contribution in [3.8, 4) is 5.88 Å². The predicted molar refractivity (Wildman–Crippen MR) is 55.9 cm³/mol. The van der Waals surface area contributed by atoms with Gasteiger partial charge in [-0.3, -0.25) is 0 Å². The van der Waals surface area contributed by atoms with E-state index in [2.05, 4.69) is 9.97 Å². The van der Waals surface area contributed by atoms with Crippen LogP contribution in [0.2, 0.25) is 5.28 Å². The van der Waals surface area contributed by atoms with Gasteiger partial charge in [-0.05, 0) is 18.0 Å². The normalized spacial score (nSPS) is 20.5. The van der Waals surface area contributed by atoms with Crippen molar-refractivity contribution in [1.82, 2.24) is 9.97 Å². The van der Waals surface area contributed by atoms with E-state index >= 15 is 0 Å². The van der Waals surface area contributed by atoms with Gasteiger partial charge >= 0.3 is 0 Å². The molecule has 1 atom stereocenters. The zero-order valence-electron chi connectivity index (χ0n) is 8.15. The summed E-state index contributed by atoms with van der Waals surface area (Å²) in [5.74, 6) is 0.764. The van der Waals surface area contributed by atoms with Gasteiger partial charge in [-0.1, -0.05) is 0 Å². The molecule has 5 nitrogen and oxygen atoms in total. The number of rotatable bonds is 3. The lowest BCUT2D eigenvalue weighted by Gasteiger charge is -2.10. The Labute approximate surface area is 92.6 Å². The number of hydrogen-bond acceptors (Lipinski definition) is 5. The topological polar surface area (TPSA) is 70.3 Å². The SMILES string of the molecule is Nc1cnc(Cl)nc1OCC1CCOC1. The minimum Gasteiger partial charge on any atom is -0.476 e. The average Bonchev–Trinajstić information content (AvgIpc) is 2.72. The van der Waals surface area contributed by atoms with Gasteiger partial charge in [0.15, 0.2) is 0 Å². The average molecular weight is 230 g/mol. The Hall–Kier alpha value is -1.07. The molecular weight excluding hydrogens is 218 g/mol. The van der Waals surface area contributed by atoms with Crippen molar-refractivity contribution >= 4 is 17.3 Å². The summed E-state index contributed by atoms with van der Waals surface area (Å²) in [5.41, 5.74) is 6.04. The van der Waals surface area contributed by atoms with Crippen molar-refractivity contribution in [3.05, 3.63) is 11.5 Å². The molecule has 0 aliphatic carbocycles. The molecule has 1 saturated heterocycles. The molecule has 2 rings (SSSR count). The van der Waals surface area contributed by atoms with Gasteiger partial charge in [-0.15, -0.1) is 0 Å². The van der Waals surface area contributed by atoms with Crippen molar-refractivity contribution in [1.29, 1.82) is 0 Å². The highest BCUT2D eigenvalue weighted by Gasteiger charge is 2.17. The zero-order chi connectivity index (χ0) is 10.7. The lowest BCUT2D eigenvalue weighted by Crippen LogP contribution is -2.13. The first-order valence-corrected chi connectivity index (χ1v) is 5.12. The summed E-state index contributed by atoms with van der Waals surface area (Å²) in [7, 11) is 0. The van der Waals surface area contributed by atoms with E-state index in [1.807, 2.05) is 0 Å². The lowest BCUT2D eigenvalue weighted by molar-refractivity contribution is 0.166. The fourth-order valence-corrected chi connectivity index (χ4v) is 1.51. The summed E-state index contributed by atoms with van der Waals surface area (Å²) in [5, 5.41) is 0.141. The van der Waals surface area contributed by atoms with Gasteiger partial charge in [0.05, 0.1) is 19.4 Å². The standard InChI is InChI=1S/C9H12ClN3O2/c10-9-12-3-7(11)8(13-9)15-5-6-1-2-14-4-6/h3,6H,1-2,4-5,11H2. The predicted octanol–water partition coefficient (Wildman–Crippen LogP) is 1.13. The van der Waals surface area contributed by atoms with Crippen molar-refractivity contribution in [2.75, 3.05) is 25.6 Å². The van der Waals surface area contributed by atoms with Crippen LogP contribution < -0.4 is 10.5 Å². The van der Waals surface area contributed by atoms with E-state index < -0.39 is 0 Å². The zero-order valence-corrected chi connectivity index (χ0v) is 8.91. The first-order chi connectivity index (χ1) is 7.25. The third kappa shape index (κ3) is 2.70. The molecule has 6 heteroatoms. The Morgan fingerprint density at radius 2 is 2.53 bits per heavy atom. The molecule has 2 N–H and O–H groups in total. The molecule has 1 aromatic rings. The van der Waals surface area contributed by atoms with Crippen LogP contribution in [0.15, 0.2) is 6.20 Å². The fraction of sp³-hybridized carbons (Fsp3) is 0.556. The maximum atomic E-state index is 5.63. The van der Waals surface area contributed by atoms with E-state index in [-0.39, 0.29) is 5.28 Å². The van der Waals surface area contributed by atoms with Crippen LogP contribution in [0.4, 0.5) is 5.69 Å². The van der Waals surface area contributed by atoms with E-state index in [0.29, 0.717) is 24.1 Å². The number of hydrogen-bond donors (Lipinski definition) is 1. The van der Waals surface area contributed by atoms with Crippen LogP contribution in [-0.4, -0.2) is 29.8 Å². The third-order valence-electron chi connectivity index (χ3n) is 2.23. The molecule has 15 heavy (non-hydrogen) atoms. The van der Waals surface area contributed by atoms with Crippen LogP contribution in [-0.2, 0) is 4.74 Å². The molecule has 1 aliphatic heterocycles. The largest absolute Gasteiger partial charge is 0.476 e. The Morgan fingerprint density at radius 1 is 1.67 bits per heavy atom. The second-order valence-electron chi connectivity index (χ2n) is 3.44. The van der Waals surface area contributed by atoms with Gasteiger partial charge in [0, 0.05) is 12.5 Å². The smallest absolute Gasteiger partial charge is 0.241 e. The van der Waals surface area contributed by atoms with Gasteiger partial charge in [-0.25, -0.2) is 4.98 Å². The van der Waals surface area contributed by atoms with E-state index in [9.17, 15) is 0 Å². The number of nitrogens with zero attached hydrogens (tertiary/aromatic N) is 2. The Bertz CT molecular complexity index is 342. The molecular formula is C9H12ClN3O2. The number of halogens is 1. The molecule has 0 amide bonds. The van der Waals surface area contributed by atoms with Crippen LogP contribution in [0.3, 0.4) is 0 Å². The number of ether oxygens (including phenoxy) is 2. The van der Waals surface area contributed by atoms with E-state index in [4.69, 9.17) is 26.8 Å². The Kier molecular flexibility index (Phi) is 3.23. The van der Waals surface area contributed by atoms with E-state index in [1.165, 1.54) is 6.20 Å². The Morgan fingerprint density at radius 3 is 3.27 bits per heavy atom. The minimum absolute atomic E-state index is 0.141. The number of aromatic nitrogens is 2.